The first-order valence-corrected chi connectivity index (χ1v) is 10.4. The van der Waals surface area contributed by atoms with Gasteiger partial charge in [0, 0.05) is 16.8 Å². The highest BCUT2D eigenvalue weighted by Crippen LogP contribution is 2.39. The minimum absolute atomic E-state index is 0.240. The van der Waals surface area contributed by atoms with Crippen molar-refractivity contribution in [2.24, 2.45) is 0 Å². The maximum Gasteiger partial charge on any atom is 0.123 e. The van der Waals surface area contributed by atoms with Crippen molar-refractivity contribution >= 4 is 27.8 Å². The molecule has 0 heterocycles. The molecule has 0 bridgehead atoms. The van der Waals surface area contributed by atoms with Gasteiger partial charge in [-0.05, 0) is 65.9 Å². The van der Waals surface area contributed by atoms with E-state index in [-0.39, 0.29) is 5.82 Å². The molecule has 0 aliphatic rings. The number of hydrogen-bond donors (Lipinski definition) is 0. The molecule has 0 aliphatic carbocycles. The number of nitrogens with zero attached hydrogens (tertiary/aromatic N) is 1. The zero-order valence-electron chi connectivity index (χ0n) is 17.3. The van der Waals surface area contributed by atoms with Gasteiger partial charge in [-0.1, -0.05) is 78.4 Å². The van der Waals surface area contributed by atoms with E-state index < -0.39 is 0 Å². The van der Waals surface area contributed by atoms with Crippen molar-refractivity contribution < 1.29 is 4.39 Å². The smallest absolute Gasteiger partial charge is 0.123 e. The predicted molar refractivity (Wildman–Crippen MR) is 129 cm³/mol. The Bertz CT molecular complexity index is 1320. The zero-order chi connectivity index (χ0) is 21.2. The summed E-state index contributed by atoms with van der Waals surface area (Å²) >= 11 is 0. The van der Waals surface area contributed by atoms with Crippen LogP contribution in [0.3, 0.4) is 0 Å². The van der Waals surface area contributed by atoms with E-state index in [9.17, 15) is 4.39 Å². The van der Waals surface area contributed by atoms with Gasteiger partial charge in [-0.25, -0.2) is 4.39 Å². The van der Waals surface area contributed by atoms with Crippen LogP contribution in [0.25, 0.3) is 21.9 Å². The normalized spacial score (nSPS) is 10.9. The van der Waals surface area contributed by atoms with Gasteiger partial charge in [-0.15, -0.1) is 0 Å². The Morgan fingerprint density at radius 2 is 1.10 bits per heavy atom. The second-order valence-electron chi connectivity index (χ2n) is 7.72. The average Bonchev–Trinajstić information content (AvgIpc) is 2.82. The van der Waals surface area contributed by atoms with Gasteiger partial charge in [0.2, 0.25) is 0 Å². The molecule has 5 rings (SSSR count). The third-order valence-electron chi connectivity index (χ3n) is 5.60. The van der Waals surface area contributed by atoms with Crippen LogP contribution in [0.4, 0.5) is 21.5 Å². The SMILES string of the molecule is Cc1ccc(-c2ccc(N(c3ccc(F)cc3)c3cccc4ccccc34)cc2)cc1. The van der Waals surface area contributed by atoms with Gasteiger partial charge >= 0.3 is 0 Å². The van der Waals surface area contributed by atoms with Crippen LogP contribution in [-0.4, -0.2) is 0 Å². The standard InChI is InChI=1S/C29H22FN/c1-21-9-11-22(12-10-21)23-13-17-26(18-14-23)31(27-19-15-25(30)16-20-27)29-8-4-6-24-5-2-3-7-28(24)29/h2-20H,1H3. The summed E-state index contributed by atoms with van der Waals surface area (Å²) in [4.78, 5) is 2.18. The number of halogens is 1. The van der Waals surface area contributed by atoms with Crippen molar-refractivity contribution in [3.8, 4) is 11.1 Å². The van der Waals surface area contributed by atoms with Crippen LogP contribution in [0.2, 0.25) is 0 Å². The van der Waals surface area contributed by atoms with Gasteiger partial charge in [-0.2, -0.15) is 0 Å². The first-order valence-electron chi connectivity index (χ1n) is 10.4. The number of benzene rings is 5. The summed E-state index contributed by atoms with van der Waals surface area (Å²) in [6.07, 6.45) is 0. The fraction of sp³-hybridized carbons (Fsp3) is 0.0345. The van der Waals surface area contributed by atoms with E-state index in [1.165, 1.54) is 34.2 Å². The van der Waals surface area contributed by atoms with E-state index in [4.69, 9.17) is 0 Å². The zero-order valence-corrected chi connectivity index (χ0v) is 17.3. The lowest BCUT2D eigenvalue weighted by Gasteiger charge is -2.27. The van der Waals surface area contributed by atoms with E-state index in [0.717, 1.165) is 22.4 Å². The second-order valence-corrected chi connectivity index (χ2v) is 7.72. The van der Waals surface area contributed by atoms with Crippen molar-refractivity contribution in [1.82, 2.24) is 0 Å². The van der Waals surface area contributed by atoms with Crippen LogP contribution in [0.1, 0.15) is 5.56 Å². The molecule has 0 amide bonds. The summed E-state index contributed by atoms with van der Waals surface area (Å²) in [7, 11) is 0. The molecule has 1 nitrogen and oxygen atoms in total. The molecule has 0 saturated heterocycles. The van der Waals surface area contributed by atoms with E-state index in [1.807, 2.05) is 18.2 Å². The van der Waals surface area contributed by atoms with Gasteiger partial charge in [0.05, 0.1) is 5.69 Å². The Kier molecular flexibility index (Phi) is 4.97. The number of fused-ring (bicyclic) bond motifs is 1. The molecule has 0 spiro atoms. The quantitative estimate of drug-likeness (QED) is 0.291. The molecule has 2 heteroatoms. The lowest BCUT2D eigenvalue weighted by Crippen LogP contribution is -2.10. The van der Waals surface area contributed by atoms with Crippen LogP contribution < -0.4 is 4.90 Å². The van der Waals surface area contributed by atoms with Crippen LogP contribution in [-0.2, 0) is 0 Å². The Morgan fingerprint density at radius 3 is 1.77 bits per heavy atom. The molecule has 0 saturated carbocycles. The Labute approximate surface area is 182 Å². The van der Waals surface area contributed by atoms with E-state index in [1.54, 1.807) is 0 Å². The summed E-state index contributed by atoms with van der Waals surface area (Å²) in [6.45, 7) is 2.09. The lowest BCUT2D eigenvalue weighted by molar-refractivity contribution is 0.628. The van der Waals surface area contributed by atoms with Crippen molar-refractivity contribution in [3.05, 3.63) is 127 Å². The summed E-state index contributed by atoms with van der Waals surface area (Å²) in [6, 6.07) is 38.4. The van der Waals surface area contributed by atoms with Gasteiger partial charge in [0.15, 0.2) is 0 Å². The topological polar surface area (TPSA) is 3.24 Å². The molecule has 0 fully saturated rings. The van der Waals surface area contributed by atoms with Crippen LogP contribution in [0.5, 0.6) is 0 Å². The average molecular weight is 404 g/mol. The molecule has 150 valence electrons. The summed E-state index contributed by atoms with van der Waals surface area (Å²) in [5, 5.41) is 2.32. The monoisotopic (exact) mass is 403 g/mol. The van der Waals surface area contributed by atoms with Crippen molar-refractivity contribution in [2.75, 3.05) is 4.90 Å². The number of hydrogen-bond acceptors (Lipinski definition) is 1. The summed E-state index contributed by atoms with van der Waals surface area (Å²) in [5.74, 6) is -0.240. The first-order chi connectivity index (χ1) is 15.2. The predicted octanol–water partition coefficient (Wildman–Crippen LogP) is 8.42. The molecule has 5 aromatic rings. The second kappa shape index (κ2) is 8.08. The van der Waals surface area contributed by atoms with Gasteiger partial charge in [0.1, 0.15) is 5.82 Å². The van der Waals surface area contributed by atoms with Crippen molar-refractivity contribution in [2.45, 2.75) is 6.92 Å². The minimum Gasteiger partial charge on any atom is -0.310 e. The molecule has 0 radical (unpaired) electrons. The molecule has 0 N–H and O–H groups in total. The molecular formula is C29H22FN. The van der Waals surface area contributed by atoms with E-state index in [0.29, 0.717) is 0 Å². The number of anilines is 3. The van der Waals surface area contributed by atoms with Crippen LogP contribution in [0, 0.1) is 12.7 Å². The maximum absolute atomic E-state index is 13.7. The van der Waals surface area contributed by atoms with Crippen LogP contribution >= 0.6 is 0 Å². The molecule has 0 atom stereocenters. The maximum atomic E-state index is 13.7. The fourth-order valence-electron chi connectivity index (χ4n) is 3.97. The van der Waals surface area contributed by atoms with Crippen molar-refractivity contribution in [3.63, 3.8) is 0 Å². The van der Waals surface area contributed by atoms with Gasteiger partial charge in [-0.3, -0.25) is 0 Å². The number of aryl methyl sites for hydroxylation is 1. The van der Waals surface area contributed by atoms with E-state index >= 15 is 0 Å². The molecule has 5 aromatic carbocycles. The molecule has 0 aliphatic heterocycles. The molecule has 31 heavy (non-hydrogen) atoms. The lowest BCUT2D eigenvalue weighted by atomic mass is 10.0. The highest BCUT2D eigenvalue weighted by molar-refractivity contribution is 5.98. The summed E-state index contributed by atoms with van der Waals surface area (Å²) in [5.41, 5.74) is 6.61. The fourth-order valence-corrected chi connectivity index (χ4v) is 3.97. The third kappa shape index (κ3) is 3.80. The molecule has 0 unspecified atom stereocenters. The van der Waals surface area contributed by atoms with Crippen molar-refractivity contribution in [1.29, 1.82) is 0 Å². The minimum atomic E-state index is -0.240. The first kappa shape index (κ1) is 19.1. The van der Waals surface area contributed by atoms with Gasteiger partial charge in [0.25, 0.3) is 0 Å². The Hall–Kier alpha value is -3.91. The van der Waals surface area contributed by atoms with Gasteiger partial charge < -0.3 is 4.90 Å². The highest BCUT2D eigenvalue weighted by Gasteiger charge is 2.15. The highest BCUT2D eigenvalue weighted by atomic mass is 19.1. The third-order valence-corrected chi connectivity index (χ3v) is 5.60. The molecule has 0 aromatic heterocycles. The van der Waals surface area contributed by atoms with Crippen LogP contribution in [0.15, 0.2) is 115 Å². The summed E-state index contributed by atoms with van der Waals surface area (Å²) < 4.78 is 13.7. The Balaban J connectivity index is 1.64. The number of rotatable bonds is 4. The molecular weight excluding hydrogens is 381 g/mol. The Morgan fingerprint density at radius 1 is 0.548 bits per heavy atom. The largest absolute Gasteiger partial charge is 0.310 e. The van der Waals surface area contributed by atoms with E-state index in [2.05, 4.69) is 96.8 Å².